The second-order valence-corrected chi connectivity index (χ2v) is 3.83. The molecule has 0 bridgehead atoms. The molecule has 2 heteroatoms. The molecule has 0 N–H and O–H groups in total. The van der Waals surface area contributed by atoms with Gasteiger partial charge in [-0.15, -0.1) is 0 Å². The minimum atomic E-state index is 0.501. The summed E-state index contributed by atoms with van der Waals surface area (Å²) in [5.41, 5.74) is 1.24. The third kappa shape index (κ3) is 1.36. The summed E-state index contributed by atoms with van der Waals surface area (Å²) in [6.07, 6.45) is 1.82. The highest BCUT2D eigenvalue weighted by atomic mass is 127. The lowest BCUT2D eigenvalue weighted by Crippen LogP contribution is -1.86. The van der Waals surface area contributed by atoms with E-state index in [1.165, 1.54) is 9.13 Å². The Bertz CT molecular complexity index is 225. The van der Waals surface area contributed by atoms with Crippen molar-refractivity contribution in [3.63, 3.8) is 0 Å². The van der Waals surface area contributed by atoms with Crippen molar-refractivity contribution in [3.8, 4) is 0 Å². The van der Waals surface area contributed by atoms with E-state index in [1.54, 1.807) is 0 Å². The number of aryl methyl sites for hydroxylation is 1. The predicted octanol–water partition coefficient (Wildman–Crippen LogP) is 3.32. The van der Waals surface area contributed by atoms with Crippen LogP contribution in [0, 0.1) is 10.5 Å². The molecular weight excluding hydrogens is 239 g/mol. The Hall–Kier alpha value is 0.01000. The van der Waals surface area contributed by atoms with E-state index in [0.29, 0.717) is 5.92 Å². The molecule has 0 spiro atoms. The van der Waals surface area contributed by atoms with Crippen LogP contribution in [-0.2, 0) is 0 Å². The van der Waals surface area contributed by atoms with E-state index in [1.807, 2.05) is 6.26 Å². The third-order valence-electron chi connectivity index (χ3n) is 1.45. The average molecular weight is 250 g/mol. The highest BCUT2D eigenvalue weighted by Crippen LogP contribution is 2.25. The van der Waals surface area contributed by atoms with Gasteiger partial charge in [-0.2, -0.15) is 0 Å². The molecule has 0 radical (unpaired) electrons. The van der Waals surface area contributed by atoms with Crippen molar-refractivity contribution in [2.24, 2.45) is 0 Å². The minimum Gasteiger partial charge on any atom is -0.468 e. The molecule has 0 aliphatic heterocycles. The molecule has 0 saturated heterocycles. The van der Waals surface area contributed by atoms with Crippen LogP contribution in [-0.4, -0.2) is 0 Å². The van der Waals surface area contributed by atoms with E-state index < -0.39 is 0 Å². The molecule has 1 rings (SSSR count). The second kappa shape index (κ2) is 2.95. The van der Waals surface area contributed by atoms with Gasteiger partial charge in [0, 0.05) is 11.5 Å². The first-order valence-corrected chi connectivity index (χ1v) is 4.44. The molecule has 0 aromatic carbocycles. The molecule has 1 aromatic rings. The number of hydrogen-bond donors (Lipinski definition) is 0. The summed E-state index contributed by atoms with van der Waals surface area (Å²) in [5.74, 6) is 1.61. The fraction of sp³-hybridized carbons (Fsp3) is 0.500. The standard InChI is InChI=1S/C8H11IO/c1-5(2)8-7(9)6(3)4-10-8/h4-5H,1-3H3. The SMILES string of the molecule is Cc1coc(C(C)C)c1I. The van der Waals surface area contributed by atoms with E-state index >= 15 is 0 Å². The molecule has 1 aromatic heterocycles. The van der Waals surface area contributed by atoms with E-state index in [0.717, 1.165) is 5.76 Å². The highest BCUT2D eigenvalue weighted by Gasteiger charge is 2.10. The second-order valence-electron chi connectivity index (χ2n) is 2.75. The number of halogens is 1. The van der Waals surface area contributed by atoms with Crippen LogP contribution in [0.5, 0.6) is 0 Å². The monoisotopic (exact) mass is 250 g/mol. The van der Waals surface area contributed by atoms with Gasteiger partial charge in [-0.05, 0) is 29.5 Å². The van der Waals surface area contributed by atoms with Crippen LogP contribution >= 0.6 is 22.6 Å². The van der Waals surface area contributed by atoms with Gasteiger partial charge in [0.2, 0.25) is 0 Å². The molecule has 56 valence electrons. The van der Waals surface area contributed by atoms with Crippen LogP contribution in [0.3, 0.4) is 0 Å². The lowest BCUT2D eigenvalue weighted by molar-refractivity contribution is 0.483. The molecule has 10 heavy (non-hydrogen) atoms. The summed E-state index contributed by atoms with van der Waals surface area (Å²) in [5, 5.41) is 0. The molecule has 0 aliphatic carbocycles. The molecular formula is C8H11IO. The van der Waals surface area contributed by atoms with E-state index in [-0.39, 0.29) is 0 Å². The van der Waals surface area contributed by atoms with Gasteiger partial charge >= 0.3 is 0 Å². The van der Waals surface area contributed by atoms with Crippen molar-refractivity contribution in [2.75, 3.05) is 0 Å². The lowest BCUT2D eigenvalue weighted by Gasteiger charge is -1.99. The first-order chi connectivity index (χ1) is 4.63. The maximum Gasteiger partial charge on any atom is 0.119 e. The normalized spacial score (nSPS) is 10.9. The van der Waals surface area contributed by atoms with Crippen LogP contribution < -0.4 is 0 Å². The zero-order valence-corrected chi connectivity index (χ0v) is 8.60. The van der Waals surface area contributed by atoms with Crippen LogP contribution in [0.2, 0.25) is 0 Å². The summed E-state index contributed by atoms with van der Waals surface area (Å²) < 4.78 is 6.62. The summed E-state index contributed by atoms with van der Waals surface area (Å²) in [4.78, 5) is 0. The lowest BCUT2D eigenvalue weighted by atomic mass is 10.1. The van der Waals surface area contributed by atoms with Gasteiger partial charge in [0.05, 0.1) is 9.83 Å². The van der Waals surface area contributed by atoms with Crippen LogP contribution in [0.1, 0.15) is 31.1 Å². The van der Waals surface area contributed by atoms with Gasteiger partial charge in [0.25, 0.3) is 0 Å². The maximum absolute atomic E-state index is 5.35. The smallest absolute Gasteiger partial charge is 0.119 e. The van der Waals surface area contributed by atoms with Gasteiger partial charge in [0.1, 0.15) is 5.76 Å². The topological polar surface area (TPSA) is 13.1 Å². The summed E-state index contributed by atoms with van der Waals surface area (Å²) in [6.45, 7) is 6.35. The van der Waals surface area contributed by atoms with Gasteiger partial charge in [-0.1, -0.05) is 13.8 Å². The first kappa shape index (κ1) is 8.11. The number of hydrogen-bond acceptors (Lipinski definition) is 1. The zero-order chi connectivity index (χ0) is 7.72. The van der Waals surface area contributed by atoms with Crippen LogP contribution in [0.25, 0.3) is 0 Å². The van der Waals surface area contributed by atoms with E-state index in [2.05, 4.69) is 43.4 Å². The predicted molar refractivity (Wildman–Crippen MR) is 50.3 cm³/mol. The van der Waals surface area contributed by atoms with Crippen molar-refractivity contribution in [1.82, 2.24) is 0 Å². The van der Waals surface area contributed by atoms with Crippen molar-refractivity contribution in [3.05, 3.63) is 21.2 Å². The first-order valence-electron chi connectivity index (χ1n) is 3.36. The molecule has 0 fully saturated rings. The average Bonchev–Trinajstić information content (AvgIpc) is 2.14. The summed E-state index contributed by atoms with van der Waals surface area (Å²) in [6, 6.07) is 0. The van der Waals surface area contributed by atoms with Gasteiger partial charge < -0.3 is 4.42 Å². The van der Waals surface area contributed by atoms with Crippen molar-refractivity contribution in [1.29, 1.82) is 0 Å². The Balaban J connectivity index is 3.05. The molecule has 0 atom stereocenters. The Morgan fingerprint density at radius 2 is 2.10 bits per heavy atom. The fourth-order valence-electron chi connectivity index (χ4n) is 0.839. The van der Waals surface area contributed by atoms with Crippen LogP contribution in [0.15, 0.2) is 10.7 Å². The Kier molecular flexibility index (Phi) is 2.39. The van der Waals surface area contributed by atoms with Gasteiger partial charge in [-0.3, -0.25) is 0 Å². The molecule has 0 amide bonds. The third-order valence-corrected chi connectivity index (χ3v) is 2.83. The van der Waals surface area contributed by atoms with Crippen molar-refractivity contribution < 1.29 is 4.42 Å². The van der Waals surface area contributed by atoms with E-state index in [4.69, 9.17) is 4.42 Å². The Morgan fingerprint density at radius 3 is 2.30 bits per heavy atom. The highest BCUT2D eigenvalue weighted by molar-refractivity contribution is 14.1. The fourth-order valence-corrected chi connectivity index (χ4v) is 1.72. The summed E-state index contributed by atoms with van der Waals surface area (Å²) in [7, 11) is 0. The maximum atomic E-state index is 5.35. The summed E-state index contributed by atoms with van der Waals surface area (Å²) >= 11 is 2.32. The Labute approximate surface area is 74.9 Å². The minimum absolute atomic E-state index is 0.501. The largest absolute Gasteiger partial charge is 0.468 e. The Morgan fingerprint density at radius 1 is 1.50 bits per heavy atom. The molecule has 1 heterocycles. The quantitative estimate of drug-likeness (QED) is 0.697. The van der Waals surface area contributed by atoms with Gasteiger partial charge in [-0.25, -0.2) is 0 Å². The molecule has 0 saturated carbocycles. The van der Waals surface area contributed by atoms with Crippen molar-refractivity contribution in [2.45, 2.75) is 26.7 Å². The number of rotatable bonds is 1. The number of furan rings is 1. The van der Waals surface area contributed by atoms with Crippen LogP contribution in [0.4, 0.5) is 0 Å². The van der Waals surface area contributed by atoms with E-state index in [9.17, 15) is 0 Å². The molecule has 1 nitrogen and oxygen atoms in total. The van der Waals surface area contributed by atoms with Gasteiger partial charge in [0.15, 0.2) is 0 Å². The zero-order valence-electron chi connectivity index (χ0n) is 6.44. The molecule has 0 aliphatic rings. The van der Waals surface area contributed by atoms with Crippen molar-refractivity contribution >= 4 is 22.6 Å². The molecule has 0 unspecified atom stereocenters.